The summed E-state index contributed by atoms with van der Waals surface area (Å²) in [5.74, 6) is -0.0887. The van der Waals surface area contributed by atoms with E-state index in [2.05, 4.69) is 26.5 Å². The maximum atomic E-state index is 11.0. The lowest BCUT2D eigenvalue weighted by Crippen LogP contribution is -2.37. The predicted molar refractivity (Wildman–Crippen MR) is 68.7 cm³/mol. The van der Waals surface area contributed by atoms with Gasteiger partial charge in [-0.05, 0) is 56.3 Å². The van der Waals surface area contributed by atoms with E-state index in [0.717, 1.165) is 19.3 Å². The molecule has 2 aliphatic carbocycles. The number of rotatable bonds is 2. The Kier molecular flexibility index (Phi) is 3.15. The molecule has 0 bridgehead atoms. The van der Waals surface area contributed by atoms with Crippen molar-refractivity contribution in [2.75, 3.05) is 0 Å². The Morgan fingerprint density at radius 2 is 2.24 bits per heavy atom. The largest absolute Gasteiger partial charge is 0.478 e. The molecule has 1 saturated carbocycles. The highest BCUT2D eigenvalue weighted by atomic mass is 16.4. The summed E-state index contributed by atoms with van der Waals surface area (Å²) in [4.78, 5) is 11.0. The molecule has 2 heteroatoms. The monoisotopic (exact) mass is 234 g/mol. The lowest BCUT2D eigenvalue weighted by atomic mass is 9.57. The fourth-order valence-electron chi connectivity index (χ4n) is 3.66. The summed E-state index contributed by atoms with van der Waals surface area (Å²) in [6, 6.07) is 0. The van der Waals surface area contributed by atoms with Crippen molar-refractivity contribution in [3.8, 4) is 0 Å². The Morgan fingerprint density at radius 3 is 2.88 bits per heavy atom. The van der Waals surface area contributed by atoms with Crippen molar-refractivity contribution >= 4 is 5.97 Å². The zero-order valence-corrected chi connectivity index (χ0v) is 10.8. The van der Waals surface area contributed by atoms with E-state index in [1.165, 1.54) is 18.4 Å². The van der Waals surface area contributed by atoms with Gasteiger partial charge in [0.25, 0.3) is 0 Å². The molecule has 0 aromatic rings. The van der Waals surface area contributed by atoms with E-state index in [1.54, 1.807) is 0 Å². The Hall–Kier alpha value is -1.05. The van der Waals surface area contributed by atoms with Crippen molar-refractivity contribution in [3.63, 3.8) is 0 Å². The van der Waals surface area contributed by atoms with Gasteiger partial charge in [-0.3, -0.25) is 0 Å². The normalized spacial score (nSPS) is 36.9. The lowest BCUT2D eigenvalue weighted by molar-refractivity contribution is -0.133. The average Bonchev–Trinajstić information content (AvgIpc) is 2.27. The minimum Gasteiger partial charge on any atom is -0.478 e. The van der Waals surface area contributed by atoms with Gasteiger partial charge in [0, 0.05) is 5.57 Å². The van der Waals surface area contributed by atoms with Gasteiger partial charge in [-0.2, -0.15) is 0 Å². The first-order valence-electron chi connectivity index (χ1n) is 6.53. The number of hydrogen-bond donors (Lipinski definition) is 1. The van der Waals surface area contributed by atoms with E-state index < -0.39 is 5.97 Å². The van der Waals surface area contributed by atoms with Crippen LogP contribution in [0.5, 0.6) is 0 Å². The summed E-state index contributed by atoms with van der Waals surface area (Å²) in [6.45, 7) is 8.32. The van der Waals surface area contributed by atoms with Crippen LogP contribution in [-0.2, 0) is 4.79 Å². The summed E-state index contributed by atoms with van der Waals surface area (Å²) >= 11 is 0. The molecule has 0 aromatic carbocycles. The van der Waals surface area contributed by atoms with Crippen LogP contribution < -0.4 is 0 Å². The molecule has 2 aliphatic rings. The van der Waals surface area contributed by atoms with Gasteiger partial charge in [-0.1, -0.05) is 25.2 Å². The van der Waals surface area contributed by atoms with E-state index in [-0.39, 0.29) is 5.92 Å². The summed E-state index contributed by atoms with van der Waals surface area (Å²) in [5, 5.41) is 9.05. The zero-order chi connectivity index (χ0) is 12.6. The third-order valence-electron chi connectivity index (χ3n) is 4.92. The fourth-order valence-corrected chi connectivity index (χ4v) is 3.66. The molecule has 0 aromatic heterocycles. The van der Waals surface area contributed by atoms with Gasteiger partial charge < -0.3 is 5.11 Å². The fraction of sp³-hybridized carbons (Fsp3) is 0.667. The van der Waals surface area contributed by atoms with Crippen LogP contribution in [0, 0.1) is 17.3 Å². The van der Waals surface area contributed by atoms with Gasteiger partial charge in [0.15, 0.2) is 0 Å². The number of allylic oxidation sites excluding steroid dienone is 2. The van der Waals surface area contributed by atoms with E-state index in [1.807, 2.05) is 0 Å². The maximum absolute atomic E-state index is 11.0. The number of fused-ring (bicyclic) bond motifs is 1. The standard InChI is InChI=1S/C15H22O2/c1-10-5-4-7-15(3)8-6-12(9-13(10)15)11(2)14(16)17/h5,12-13H,2,4,6-9H2,1,3H3,(H,16,17). The molecule has 2 rings (SSSR count). The van der Waals surface area contributed by atoms with Crippen LogP contribution in [0.4, 0.5) is 0 Å². The average molecular weight is 234 g/mol. The van der Waals surface area contributed by atoms with Crippen molar-refractivity contribution in [2.45, 2.75) is 46.0 Å². The molecule has 0 amide bonds. The van der Waals surface area contributed by atoms with E-state index in [4.69, 9.17) is 5.11 Å². The van der Waals surface area contributed by atoms with Crippen LogP contribution >= 0.6 is 0 Å². The van der Waals surface area contributed by atoms with E-state index in [0.29, 0.717) is 16.9 Å². The molecule has 0 saturated heterocycles. The first kappa shape index (κ1) is 12.4. The van der Waals surface area contributed by atoms with Crippen LogP contribution in [0.25, 0.3) is 0 Å². The zero-order valence-electron chi connectivity index (χ0n) is 10.8. The van der Waals surface area contributed by atoms with E-state index in [9.17, 15) is 4.79 Å². The molecule has 3 atom stereocenters. The predicted octanol–water partition coefficient (Wildman–Crippen LogP) is 3.79. The number of carboxylic acids is 1. The van der Waals surface area contributed by atoms with Crippen molar-refractivity contribution < 1.29 is 9.90 Å². The number of carboxylic acid groups (broad SMARTS) is 1. The molecule has 1 fully saturated rings. The molecular formula is C15H22O2. The second-order valence-electron chi connectivity index (χ2n) is 6.00. The quantitative estimate of drug-likeness (QED) is 0.583. The lowest BCUT2D eigenvalue weighted by Gasteiger charge is -2.47. The molecular weight excluding hydrogens is 212 g/mol. The third kappa shape index (κ3) is 2.18. The first-order valence-corrected chi connectivity index (χ1v) is 6.53. The maximum Gasteiger partial charge on any atom is 0.331 e. The minimum absolute atomic E-state index is 0.173. The molecule has 2 nitrogen and oxygen atoms in total. The number of carbonyl (C=O) groups is 1. The molecule has 0 heterocycles. The molecule has 0 radical (unpaired) electrons. The smallest absolute Gasteiger partial charge is 0.331 e. The second kappa shape index (κ2) is 4.32. The van der Waals surface area contributed by atoms with Crippen molar-refractivity contribution in [1.82, 2.24) is 0 Å². The first-order chi connectivity index (χ1) is 7.94. The van der Waals surface area contributed by atoms with Gasteiger partial charge in [0.1, 0.15) is 0 Å². The summed E-state index contributed by atoms with van der Waals surface area (Å²) < 4.78 is 0. The Bertz CT molecular complexity index is 380. The Balaban J connectivity index is 2.17. The number of hydrogen-bond acceptors (Lipinski definition) is 1. The Morgan fingerprint density at radius 1 is 1.53 bits per heavy atom. The van der Waals surface area contributed by atoms with Crippen LogP contribution in [0.2, 0.25) is 0 Å². The minimum atomic E-state index is -0.823. The van der Waals surface area contributed by atoms with Gasteiger partial charge in [-0.15, -0.1) is 0 Å². The van der Waals surface area contributed by atoms with E-state index >= 15 is 0 Å². The van der Waals surface area contributed by atoms with Gasteiger partial charge in [0.05, 0.1) is 0 Å². The molecule has 17 heavy (non-hydrogen) atoms. The van der Waals surface area contributed by atoms with Gasteiger partial charge >= 0.3 is 5.97 Å². The molecule has 3 unspecified atom stereocenters. The van der Waals surface area contributed by atoms with Crippen molar-refractivity contribution in [1.29, 1.82) is 0 Å². The highest BCUT2D eigenvalue weighted by molar-refractivity contribution is 5.86. The molecule has 94 valence electrons. The molecule has 0 aliphatic heterocycles. The second-order valence-corrected chi connectivity index (χ2v) is 6.00. The van der Waals surface area contributed by atoms with Crippen LogP contribution in [0.15, 0.2) is 23.8 Å². The van der Waals surface area contributed by atoms with Crippen molar-refractivity contribution in [2.24, 2.45) is 17.3 Å². The topological polar surface area (TPSA) is 37.3 Å². The highest BCUT2D eigenvalue weighted by Crippen LogP contribution is 2.52. The van der Waals surface area contributed by atoms with Gasteiger partial charge in [-0.25, -0.2) is 4.79 Å². The SMILES string of the molecule is C=C(C(=O)O)C1CCC2(C)CCC=C(C)C2C1. The summed E-state index contributed by atoms with van der Waals surface area (Å²) in [5.41, 5.74) is 2.26. The van der Waals surface area contributed by atoms with Crippen LogP contribution in [0.1, 0.15) is 46.0 Å². The van der Waals surface area contributed by atoms with Gasteiger partial charge in [0.2, 0.25) is 0 Å². The molecule has 0 spiro atoms. The highest BCUT2D eigenvalue weighted by Gasteiger charge is 2.42. The van der Waals surface area contributed by atoms with Crippen molar-refractivity contribution in [3.05, 3.63) is 23.8 Å². The van der Waals surface area contributed by atoms with Crippen LogP contribution in [0.3, 0.4) is 0 Å². The summed E-state index contributed by atoms with van der Waals surface area (Å²) in [6.07, 6.45) is 7.87. The molecule has 1 N–H and O–H groups in total. The number of aliphatic carboxylic acids is 1. The van der Waals surface area contributed by atoms with Crippen LogP contribution in [-0.4, -0.2) is 11.1 Å². The third-order valence-corrected chi connectivity index (χ3v) is 4.92. The Labute approximate surface area is 103 Å². The summed E-state index contributed by atoms with van der Waals surface area (Å²) in [7, 11) is 0.